The molecule has 2 rings (SSSR count). The number of nitrogens with one attached hydrogen (secondary N) is 1. The number of likely N-dealkylation sites (N-methyl/N-ethyl adjacent to an activating group) is 1. The highest BCUT2D eigenvalue weighted by molar-refractivity contribution is 5.76. The number of esters is 1. The van der Waals surface area contributed by atoms with Crippen molar-refractivity contribution in [3.8, 4) is 0 Å². The Hall–Kier alpha value is -1.47. The van der Waals surface area contributed by atoms with Crippen molar-refractivity contribution in [1.29, 1.82) is 0 Å². The highest BCUT2D eigenvalue weighted by Crippen LogP contribution is 2.23. The number of methoxy groups -OCH3 is 1. The molecule has 1 saturated heterocycles. The van der Waals surface area contributed by atoms with Gasteiger partial charge in [0.05, 0.1) is 25.4 Å². The lowest BCUT2D eigenvalue weighted by Gasteiger charge is -2.31. The van der Waals surface area contributed by atoms with Crippen LogP contribution in [0.25, 0.3) is 0 Å². The summed E-state index contributed by atoms with van der Waals surface area (Å²) >= 11 is 0. The van der Waals surface area contributed by atoms with E-state index in [1.54, 1.807) is 14.2 Å². The zero-order valence-electron chi connectivity index (χ0n) is 16.9. The van der Waals surface area contributed by atoms with Gasteiger partial charge in [0.25, 0.3) is 0 Å². The lowest BCUT2D eigenvalue weighted by atomic mass is 9.91. The van der Waals surface area contributed by atoms with Crippen LogP contribution in [0.1, 0.15) is 25.8 Å². The van der Waals surface area contributed by atoms with E-state index in [2.05, 4.69) is 17.4 Å². The molecule has 1 N–H and O–H groups in total. The molecule has 1 heterocycles. The summed E-state index contributed by atoms with van der Waals surface area (Å²) in [5, 5.41) is 2.96. The van der Waals surface area contributed by atoms with E-state index in [-0.39, 0.29) is 30.2 Å². The molecule has 1 aromatic carbocycles. The molecule has 0 bridgehead atoms. The number of hydrogen-bond acceptors (Lipinski definition) is 6. The van der Waals surface area contributed by atoms with Gasteiger partial charge in [0.2, 0.25) is 0 Å². The Morgan fingerprint density at radius 3 is 2.67 bits per heavy atom. The molecule has 1 aliphatic rings. The SMILES string of the molecule is CN[C@H]1COC[C@H](Cc2ccccc2)[C@@H](OCCC(C)OC)[C@H](C)OC1=O. The van der Waals surface area contributed by atoms with Crippen LogP contribution in [0.5, 0.6) is 0 Å². The molecular formula is C21H33NO5. The van der Waals surface area contributed by atoms with E-state index in [4.69, 9.17) is 18.9 Å². The maximum atomic E-state index is 12.4. The third-order valence-electron chi connectivity index (χ3n) is 5.06. The van der Waals surface area contributed by atoms with Crippen LogP contribution in [-0.2, 0) is 30.2 Å². The fraction of sp³-hybridized carbons (Fsp3) is 0.667. The number of cyclic esters (lactones) is 1. The van der Waals surface area contributed by atoms with Crippen molar-refractivity contribution in [2.24, 2.45) is 5.92 Å². The molecule has 6 nitrogen and oxygen atoms in total. The average molecular weight is 379 g/mol. The van der Waals surface area contributed by atoms with E-state index in [0.717, 1.165) is 12.8 Å². The molecule has 0 aliphatic carbocycles. The van der Waals surface area contributed by atoms with Crippen LogP contribution in [0, 0.1) is 5.92 Å². The maximum Gasteiger partial charge on any atom is 0.325 e. The van der Waals surface area contributed by atoms with Gasteiger partial charge < -0.3 is 24.3 Å². The first kappa shape index (κ1) is 21.8. The molecule has 0 radical (unpaired) electrons. The molecule has 5 atom stereocenters. The molecule has 27 heavy (non-hydrogen) atoms. The normalized spacial score (nSPS) is 27.9. The summed E-state index contributed by atoms with van der Waals surface area (Å²) < 4.78 is 23.1. The van der Waals surface area contributed by atoms with Gasteiger partial charge in [-0.3, -0.25) is 4.79 Å². The van der Waals surface area contributed by atoms with Gasteiger partial charge in [0.15, 0.2) is 0 Å². The Bertz CT molecular complexity index is 553. The third kappa shape index (κ3) is 6.88. The van der Waals surface area contributed by atoms with Crippen molar-refractivity contribution in [2.45, 2.75) is 51.0 Å². The summed E-state index contributed by atoms with van der Waals surface area (Å²) in [6, 6.07) is 9.81. The Balaban J connectivity index is 2.13. The minimum Gasteiger partial charge on any atom is -0.459 e. The van der Waals surface area contributed by atoms with Crippen LogP contribution >= 0.6 is 0 Å². The number of carbonyl (C=O) groups is 1. The van der Waals surface area contributed by atoms with Gasteiger partial charge in [0.1, 0.15) is 12.1 Å². The quantitative estimate of drug-likeness (QED) is 0.699. The van der Waals surface area contributed by atoms with Crippen LogP contribution in [0.15, 0.2) is 30.3 Å². The standard InChI is InChI=1S/C21H33NO5/c1-15(24-4)10-11-26-20-16(2)27-21(23)19(22-3)14-25-13-18(20)12-17-8-6-5-7-9-17/h5-9,15-16,18-20,22H,10-14H2,1-4H3/t15?,16-,18-,19-,20-/m0/s1. The van der Waals surface area contributed by atoms with Crippen LogP contribution in [0.3, 0.4) is 0 Å². The van der Waals surface area contributed by atoms with Crippen molar-refractivity contribution in [2.75, 3.05) is 34.0 Å². The number of benzene rings is 1. The van der Waals surface area contributed by atoms with E-state index < -0.39 is 6.04 Å². The second kappa shape index (κ2) is 11.4. The molecule has 0 aromatic heterocycles. The van der Waals surface area contributed by atoms with Gasteiger partial charge in [-0.1, -0.05) is 30.3 Å². The zero-order valence-corrected chi connectivity index (χ0v) is 16.9. The summed E-state index contributed by atoms with van der Waals surface area (Å²) in [7, 11) is 3.43. The summed E-state index contributed by atoms with van der Waals surface area (Å²) in [4.78, 5) is 12.4. The summed E-state index contributed by atoms with van der Waals surface area (Å²) in [5.41, 5.74) is 1.22. The predicted octanol–water partition coefficient (Wildman–Crippen LogP) is 2.21. The van der Waals surface area contributed by atoms with Gasteiger partial charge >= 0.3 is 5.97 Å². The Morgan fingerprint density at radius 1 is 1.26 bits per heavy atom. The number of carbonyl (C=O) groups excluding carboxylic acids is 1. The first-order valence-electron chi connectivity index (χ1n) is 9.69. The molecule has 0 amide bonds. The predicted molar refractivity (Wildman–Crippen MR) is 104 cm³/mol. The first-order valence-corrected chi connectivity index (χ1v) is 9.69. The molecule has 0 saturated carbocycles. The van der Waals surface area contributed by atoms with E-state index in [0.29, 0.717) is 19.8 Å². The molecular weight excluding hydrogens is 346 g/mol. The zero-order chi connectivity index (χ0) is 19.6. The monoisotopic (exact) mass is 379 g/mol. The van der Waals surface area contributed by atoms with Crippen molar-refractivity contribution in [3.05, 3.63) is 35.9 Å². The Kier molecular flexibility index (Phi) is 9.21. The van der Waals surface area contributed by atoms with Gasteiger partial charge in [-0.25, -0.2) is 0 Å². The first-order chi connectivity index (χ1) is 13.0. The topological polar surface area (TPSA) is 66.0 Å². The number of hydrogen-bond donors (Lipinski definition) is 1. The van der Waals surface area contributed by atoms with Gasteiger partial charge in [-0.05, 0) is 39.3 Å². The highest BCUT2D eigenvalue weighted by atomic mass is 16.6. The van der Waals surface area contributed by atoms with Gasteiger partial charge in [-0.2, -0.15) is 0 Å². The lowest BCUT2D eigenvalue weighted by molar-refractivity contribution is -0.160. The largest absolute Gasteiger partial charge is 0.459 e. The van der Waals surface area contributed by atoms with Crippen molar-refractivity contribution in [1.82, 2.24) is 5.32 Å². The molecule has 0 spiro atoms. The molecule has 152 valence electrons. The maximum absolute atomic E-state index is 12.4. The molecule has 1 aliphatic heterocycles. The van der Waals surface area contributed by atoms with Crippen molar-refractivity contribution >= 4 is 5.97 Å². The van der Waals surface area contributed by atoms with E-state index in [1.165, 1.54) is 5.56 Å². The molecule has 1 unspecified atom stereocenters. The second-order valence-corrected chi connectivity index (χ2v) is 7.14. The average Bonchev–Trinajstić information content (AvgIpc) is 2.72. The van der Waals surface area contributed by atoms with Crippen LogP contribution in [0.4, 0.5) is 0 Å². The minimum atomic E-state index is -0.461. The van der Waals surface area contributed by atoms with Crippen LogP contribution < -0.4 is 5.32 Å². The smallest absolute Gasteiger partial charge is 0.325 e. The van der Waals surface area contributed by atoms with Gasteiger partial charge in [0, 0.05) is 19.6 Å². The highest BCUT2D eigenvalue weighted by Gasteiger charge is 2.34. The van der Waals surface area contributed by atoms with E-state index >= 15 is 0 Å². The minimum absolute atomic E-state index is 0.0867. The van der Waals surface area contributed by atoms with Crippen LogP contribution in [-0.4, -0.2) is 64.3 Å². The summed E-state index contributed by atoms with van der Waals surface area (Å²) in [6.45, 7) is 5.26. The van der Waals surface area contributed by atoms with Crippen molar-refractivity contribution in [3.63, 3.8) is 0 Å². The van der Waals surface area contributed by atoms with E-state index in [9.17, 15) is 4.79 Å². The Labute approximate surface area is 162 Å². The second-order valence-electron chi connectivity index (χ2n) is 7.14. The Morgan fingerprint density at radius 2 is 2.00 bits per heavy atom. The fourth-order valence-electron chi connectivity index (χ4n) is 3.27. The van der Waals surface area contributed by atoms with E-state index in [1.807, 2.05) is 32.0 Å². The molecule has 1 aromatic rings. The molecule has 1 fully saturated rings. The number of rotatable bonds is 8. The fourth-order valence-corrected chi connectivity index (χ4v) is 3.27. The van der Waals surface area contributed by atoms with Crippen molar-refractivity contribution < 1.29 is 23.7 Å². The third-order valence-corrected chi connectivity index (χ3v) is 5.06. The molecule has 6 heteroatoms. The summed E-state index contributed by atoms with van der Waals surface area (Å²) in [5.74, 6) is -0.215. The van der Waals surface area contributed by atoms with Gasteiger partial charge in [-0.15, -0.1) is 0 Å². The lowest BCUT2D eigenvalue weighted by Crippen LogP contribution is -2.43. The number of ether oxygens (including phenoxy) is 4. The summed E-state index contributed by atoms with van der Waals surface area (Å²) in [6.07, 6.45) is 1.11. The van der Waals surface area contributed by atoms with Crippen LogP contribution in [0.2, 0.25) is 0 Å².